The minimum absolute atomic E-state index is 0.0259. The number of alkyl halides is 6. The Morgan fingerprint density at radius 2 is 0.915 bits per heavy atom. The van der Waals surface area contributed by atoms with E-state index < -0.39 is 46.3 Å². The summed E-state index contributed by atoms with van der Waals surface area (Å²) in [5, 5.41) is 0. The van der Waals surface area contributed by atoms with Gasteiger partial charge in [-0.1, -0.05) is 45.9 Å². The first kappa shape index (κ1) is 35.1. The molecule has 3 aromatic rings. The lowest BCUT2D eigenvalue weighted by atomic mass is 9.88. The molecule has 0 N–H and O–H groups in total. The maximum Gasteiger partial charge on any atom is 0.573 e. The number of hydrogen-bond donors (Lipinski definition) is 0. The summed E-state index contributed by atoms with van der Waals surface area (Å²) in [6, 6.07) is 18.0. The van der Waals surface area contributed by atoms with Gasteiger partial charge in [-0.15, -0.1) is 26.3 Å². The highest BCUT2D eigenvalue weighted by Gasteiger charge is 2.44. The van der Waals surface area contributed by atoms with Crippen LogP contribution in [0, 0.1) is 11.8 Å². The van der Waals surface area contributed by atoms with Crippen molar-refractivity contribution in [1.29, 1.82) is 0 Å². The molecule has 2 saturated carbocycles. The van der Waals surface area contributed by atoms with E-state index in [0.717, 1.165) is 30.6 Å². The van der Waals surface area contributed by atoms with Gasteiger partial charge in [0.2, 0.25) is 0 Å². The van der Waals surface area contributed by atoms with Gasteiger partial charge in [0.05, 0.1) is 10.9 Å². The number of hydrogen-bond acceptors (Lipinski definition) is 4. The number of halogens is 6. The Kier molecular flexibility index (Phi) is 10.3. The molecule has 0 spiro atoms. The van der Waals surface area contributed by atoms with Crippen molar-refractivity contribution >= 4 is 10.9 Å². The maximum absolute atomic E-state index is 13.6. The van der Waals surface area contributed by atoms with Gasteiger partial charge in [-0.3, -0.25) is 0 Å². The van der Waals surface area contributed by atoms with Gasteiger partial charge in [-0.25, -0.2) is 0 Å². The van der Waals surface area contributed by atoms with E-state index in [1.165, 1.54) is 12.1 Å². The standard InChI is InChI=1S/C36H41F6O4S/c1-24(2)33(18-8-9-19-33)43-31-22-27(14-16-29(31)45-35(37,38)39)47(26-12-6-5-7-13-26)28-15-17-30(46-36(40,41)42)32(23-28)44-34(25(3)4)20-10-11-21-34/h5-7,12-17,22-25H,8-11,18-21H2,1-4H3/q+1. The fourth-order valence-corrected chi connectivity index (χ4v) is 8.86. The molecule has 0 heterocycles. The summed E-state index contributed by atoms with van der Waals surface area (Å²) in [7, 11) is -0.986. The SMILES string of the molecule is CC(C)C1(Oc2cc([S+](c3ccccc3)c3ccc(OC(F)(F)F)c(OC4(C(C)C)CCCC4)c3)ccc2OC(F)(F)F)CCCC1. The Balaban J connectivity index is 1.65. The van der Waals surface area contributed by atoms with Crippen LogP contribution in [-0.2, 0) is 10.9 Å². The van der Waals surface area contributed by atoms with Crippen LogP contribution in [0.15, 0.2) is 81.4 Å². The highest BCUT2D eigenvalue weighted by Crippen LogP contribution is 2.48. The summed E-state index contributed by atoms with van der Waals surface area (Å²) < 4.78 is 103. The van der Waals surface area contributed by atoms with E-state index in [9.17, 15) is 26.3 Å². The van der Waals surface area contributed by atoms with Gasteiger partial charge in [-0.2, -0.15) is 0 Å². The average molecular weight is 684 g/mol. The third kappa shape index (κ3) is 8.27. The van der Waals surface area contributed by atoms with Crippen molar-refractivity contribution < 1.29 is 45.3 Å². The van der Waals surface area contributed by atoms with Crippen LogP contribution in [0.1, 0.15) is 79.1 Å². The van der Waals surface area contributed by atoms with Crippen molar-refractivity contribution in [3.8, 4) is 23.0 Å². The van der Waals surface area contributed by atoms with Gasteiger partial charge in [0, 0.05) is 12.1 Å². The minimum Gasteiger partial charge on any atom is -0.483 e. The first-order valence-corrected chi connectivity index (χ1v) is 17.3. The normalized spacial score (nSPS) is 17.8. The molecule has 256 valence electrons. The molecule has 47 heavy (non-hydrogen) atoms. The van der Waals surface area contributed by atoms with Crippen molar-refractivity contribution in [3.63, 3.8) is 0 Å². The smallest absolute Gasteiger partial charge is 0.483 e. The second-order valence-electron chi connectivity index (χ2n) is 13.0. The first-order valence-electron chi connectivity index (χ1n) is 16.1. The molecule has 4 nitrogen and oxygen atoms in total. The fraction of sp³-hybridized carbons (Fsp3) is 0.500. The predicted molar refractivity (Wildman–Crippen MR) is 168 cm³/mol. The van der Waals surface area contributed by atoms with E-state index in [1.807, 2.05) is 58.0 Å². The van der Waals surface area contributed by atoms with Crippen LogP contribution >= 0.6 is 0 Å². The van der Waals surface area contributed by atoms with Crippen molar-refractivity contribution in [2.24, 2.45) is 11.8 Å². The molecule has 0 atom stereocenters. The van der Waals surface area contributed by atoms with Crippen LogP contribution in [0.2, 0.25) is 0 Å². The topological polar surface area (TPSA) is 36.9 Å². The van der Waals surface area contributed by atoms with Gasteiger partial charge in [0.15, 0.2) is 37.7 Å². The lowest BCUT2D eigenvalue weighted by molar-refractivity contribution is -0.276. The molecule has 5 rings (SSSR count). The van der Waals surface area contributed by atoms with E-state index in [0.29, 0.717) is 35.5 Å². The summed E-state index contributed by atoms with van der Waals surface area (Å²) in [6.45, 7) is 7.98. The highest BCUT2D eigenvalue weighted by atomic mass is 32.2. The zero-order valence-corrected chi connectivity index (χ0v) is 27.8. The maximum atomic E-state index is 13.6. The largest absolute Gasteiger partial charge is 0.573 e. The molecule has 11 heteroatoms. The van der Waals surface area contributed by atoms with Crippen LogP contribution in [-0.4, -0.2) is 23.9 Å². The van der Waals surface area contributed by atoms with Gasteiger partial charge < -0.3 is 18.9 Å². The molecular weight excluding hydrogens is 642 g/mol. The van der Waals surface area contributed by atoms with Crippen molar-refractivity contribution in [1.82, 2.24) is 0 Å². The van der Waals surface area contributed by atoms with Crippen LogP contribution in [0.5, 0.6) is 23.0 Å². The predicted octanol–water partition coefficient (Wildman–Crippen LogP) is 11.3. The van der Waals surface area contributed by atoms with Crippen LogP contribution in [0.3, 0.4) is 0 Å². The molecule has 0 unspecified atom stereocenters. The van der Waals surface area contributed by atoms with E-state index in [4.69, 9.17) is 9.47 Å². The van der Waals surface area contributed by atoms with Crippen molar-refractivity contribution in [2.75, 3.05) is 0 Å². The molecule has 0 radical (unpaired) electrons. The quantitative estimate of drug-likeness (QED) is 0.149. The molecule has 0 bridgehead atoms. The molecular formula is C36H41F6O4S+. The first-order chi connectivity index (χ1) is 22.1. The van der Waals surface area contributed by atoms with E-state index in [-0.39, 0.29) is 23.3 Å². The molecule has 3 aromatic carbocycles. The summed E-state index contributed by atoms with van der Waals surface area (Å²) in [5.41, 5.74) is -1.31. The molecule has 0 amide bonds. The van der Waals surface area contributed by atoms with E-state index >= 15 is 0 Å². The fourth-order valence-electron chi connectivity index (χ4n) is 6.75. The van der Waals surface area contributed by atoms with Crippen molar-refractivity contribution in [2.45, 2.75) is 118 Å². The van der Waals surface area contributed by atoms with Crippen LogP contribution in [0.25, 0.3) is 0 Å². The number of ether oxygens (including phenoxy) is 4. The van der Waals surface area contributed by atoms with Crippen molar-refractivity contribution in [3.05, 3.63) is 66.7 Å². The van der Waals surface area contributed by atoms with E-state index in [2.05, 4.69) is 9.47 Å². The lowest BCUT2D eigenvalue weighted by Gasteiger charge is -2.35. The zero-order valence-electron chi connectivity index (χ0n) is 27.0. The molecule has 2 fully saturated rings. The van der Waals surface area contributed by atoms with Crippen LogP contribution in [0.4, 0.5) is 26.3 Å². The monoisotopic (exact) mass is 683 g/mol. The molecule has 0 aromatic heterocycles. The Labute approximate surface area is 275 Å². The van der Waals surface area contributed by atoms with E-state index in [1.54, 1.807) is 24.3 Å². The van der Waals surface area contributed by atoms with Gasteiger partial charge in [0.1, 0.15) is 11.2 Å². The van der Waals surface area contributed by atoms with Gasteiger partial charge >= 0.3 is 12.7 Å². The molecule has 0 aliphatic heterocycles. The molecule has 0 saturated heterocycles. The zero-order chi connectivity index (χ0) is 34.0. The lowest BCUT2D eigenvalue weighted by Crippen LogP contribution is -2.38. The highest BCUT2D eigenvalue weighted by molar-refractivity contribution is 7.97. The Bertz CT molecular complexity index is 1400. The summed E-state index contributed by atoms with van der Waals surface area (Å²) in [6.07, 6.45) is -3.49. The van der Waals surface area contributed by atoms with Gasteiger partial charge in [-0.05, 0) is 99.6 Å². The van der Waals surface area contributed by atoms with Gasteiger partial charge in [0.25, 0.3) is 0 Å². The third-order valence-electron chi connectivity index (χ3n) is 9.36. The Hall–Kier alpha value is -3.21. The second kappa shape index (κ2) is 13.7. The summed E-state index contributed by atoms with van der Waals surface area (Å²) in [5.74, 6) is -0.871. The molecule has 2 aliphatic rings. The van der Waals surface area contributed by atoms with Crippen LogP contribution < -0.4 is 18.9 Å². The third-order valence-corrected chi connectivity index (χ3v) is 11.6. The second-order valence-corrected chi connectivity index (χ2v) is 15.0. The molecule has 2 aliphatic carbocycles. The number of benzene rings is 3. The summed E-state index contributed by atoms with van der Waals surface area (Å²) >= 11 is 0. The number of rotatable bonds is 11. The average Bonchev–Trinajstić information content (AvgIpc) is 3.67. The Morgan fingerprint density at radius 1 is 0.532 bits per heavy atom. The Morgan fingerprint density at radius 3 is 1.26 bits per heavy atom. The summed E-state index contributed by atoms with van der Waals surface area (Å²) in [4.78, 5) is 2.01. The minimum atomic E-state index is -4.94.